The molecule has 8 heterocycles. The quantitative estimate of drug-likeness (QED) is 0.0538. The van der Waals surface area contributed by atoms with Gasteiger partial charge in [-0.15, -0.1) is 0 Å². The van der Waals surface area contributed by atoms with E-state index in [0.717, 1.165) is 73.8 Å². The van der Waals surface area contributed by atoms with Crippen LogP contribution in [-0.4, -0.2) is 81.1 Å². The van der Waals surface area contributed by atoms with Gasteiger partial charge < -0.3 is 29.2 Å². The molecule has 1 fully saturated rings. The third kappa shape index (κ3) is 10.3. The van der Waals surface area contributed by atoms with Crippen LogP contribution in [0.2, 0.25) is 0 Å². The van der Waals surface area contributed by atoms with Crippen molar-refractivity contribution in [1.29, 1.82) is 0 Å². The van der Waals surface area contributed by atoms with Crippen LogP contribution in [-0.2, 0) is 31.9 Å². The number of imidazole rings is 2. The Kier molecular flexibility index (Phi) is 18.3. The summed E-state index contributed by atoms with van der Waals surface area (Å²) < 4.78 is 29.7. The van der Waals surface area contributed by atoms with Crippen LogP contribution in [0.3, 0.4) is 0 Å². The van der Waals surface area contributed by atoms with E-state index in [-0.39, 0.29) is 42.5 Å². The Hall–Kier alpha value is -5.68. The van der Waals surface area contributed by atoms with E-state index < -0.39 is 14.8 Å². The molecule has 5 aromatic heterocycles. The number of hydrogen-bond acceptors (Lipinski definition) is 15. The number of nitrogens with zero attached hydrogens (tertiary/aromatic N) is 11. The Balaban J connectivity index is 0.000000270. The van der Waals surface area contributed by atoms with Gasteiger partial charge in [0.2, 0.25) is 5.82 Å². The second-order valence-electron chi connectivity index (χ2n) is 11.4. The second-order valence-corrected chi connectivity index (χ2v) is 11.4. The van der Waals surface area contributed by atoms with Crippen molar-refractivity contribution in [1.82, 2.24) is 34.1 Å². The Morgan fingerprint density at radius 3 is 1.64 bits per heavy atom. The van der Waals surface area contributed by atoms with Gasteiger partial charge in [0, 0.05) is 46.5 Å². The van der Waals surface area contributed by atoms with Gasteiger partial charge in [-0.3, -0.25) is 30.3 Å². The van der Waals surface area contributed by atoms with Gasteiger partial charge in [0.1, 0.15) is 47.3 Å². The number of anilines is 2. The fourth-order valence-electron chi connectivity index (χ4n) is 6.13. The van der Waals surface area contributed by atoms with Gasteiger partial charge in [-0.25, -0.2) is 24.9 Å². The molecule has 3 aliphatic rings. The summed E-state index contributed by atoms with van der Waals surface area (Å²) in [6.07, 6.45) is 7.79. The number of halogens is 1. The van der Waals surface area contributed by atoms with Crippen molar-refractivity contribution in [2.75, 3.05) is 42.9 Å². The third-order valence-electron chi connectivity index (χ3n) is 8.47. The number of nitro groups is 3. The van der Waals surface area contributed by atoms with E-state index in [1.54, 1.807) is 25.3 Å². The molecule has 1 saturated heterocycles. The number of aryl methyl sites for hydroxylation is 2. The number of hydrogen-bond donors (Lipinski definition) is 1. The molecule has 0 spiro atoms. The van der Waals surface area contributed by atoms with E-state index in [1.807, 2.05) is 15.6 Å². The van der Waals surface area contributed by atoms with E-state index in [0.29, 0.717) is 29.9 Å². The number of methoxy groups -OCH3 is 2. The van der Waals surface area contributed by atoms with Gasteiger partial charge in [-0.1, -0.05) is 30.0 Å². The molecule has 0 aliphatic carbocycles. The van der Waals surface area contributed by atoms with Crippen LogP contribution in [0.15, 0.2) is 36.8 Å². The average molecular weight is 891 g/mol. The van der Waals surface area contributed by atoms with Gasteiger partial charge in [-0.05, 0) is 36.7 Å². The molecule has 0 radical (unpaired) electrons. The number of ether oxygens (including phenoxy) is 2. The number of rotatable bonds is 6. The van der Waals surface area contributed by atoms with E-state index in [2.05, 4.69) is 65.4 Å². The number of alkyl halides is 1. The van der Waals surface area contributed by atoms with Crippen molar-refractivity contribution in [3.05, 3.63) is 92.1 Å². The normalized spacial score (nSPS) is 15.6. The van der Waals surface area contributed by atoms with E-state index in [9.17, 15) is 30.3 Å². The molecule has 3 aliphatic heterocycles. The predicted molar refractivity (Wildman–Crippen MR) is 208 cm³/mol. The SMILES string of the molecule is C.CI.COC1CCn2c1nc1cc(N)cnc12.COC1CCn2c1nc1cc([N+](=O)[O-])cnc12.O=[N+]([O-])c1cnc(N2CCCC2)c([N+](=O)[O-])c1.[C-]#[O+].[C-]#[O+]. The average Bonchev–Trinajstić information content (AvgIpc) is 4.05. The van der Waals surface area contributed by atoms with Crippen LogP contribution in [0.5, 0.6) is 0 Å². The van der Waals surface area contributed by atoms with Crippen LogP contribution in [0, 0.1) is 43.6 Å². The van der Waals surface area contributed by atoms with Crippen LogP contribution in [0.4, 0.5) is 28.6 Å². The summed E-state index contributed by atoms with van der Waals surface area (Å²) in [5.41, 5.74) is 8.60. The van der Waals surface area contributed by atoms with E-state index >= 15 is 0 Å². The van der Waals surface area contributed by atoms with Gasteiger partial charge in [0.25, 0.3) is 11.4 Å². The maximum absolute atomic E-state index is 10.9. The summed E-state index contributed by atoms with van der Waals surface area (Å²) >= 11 is 2.15. The van der Waals surface area contributed by atoms with E-state index in [4.69, 9.17) is 24.5 Å². The molecule has 0 amide bonds. The zero-order valence-corrected chi connectivity index (χ0v) is 31.9. The molecule has 298 valence electrons. The molecule has 0 aromatic carbocycles. The van der Waals surface area contributed by atoms with Crippen molar-refractivity contribution in [3.8, 4) is 0 Å². The first-order chi connectivity index (χ1) is 26.6. The van der Waals surface area contributed by atoms with Crippen LogP contribution >= 0.6 is 22.6 Å². The number of aromatic nitrogens is 7. The summed E-state index contributed by atoms with van der Waals surface area (Å²) in [6, 6.07) is 4.25. The number of nitrogens with two attached hydrogens (primary N) is 1. The molecule has 0 bridgehead atoms. The van der Waals surface area contributed by atoms with Gasteiger partial charge in [0.15, 0.2) is 11.3 Å². The van der Waals surface area contributed by atoms with Crippen molar-refractivity contribution in [2.24, 2.45) is 0 Å². The van der Waals surface area contributed by atoms with Crippen molar-refractivity contribution < 1.29 is 33.5 Å². The molecular weight excluding hydrogens is 851 g/mol. The zero-order chi connectivity index (χ0) is 40.8. The molecule has 2 N–H and O–H groups in total. The molecule has 22 nitrogen and oxygen atoms in total. The van der Waals surface area contributed by atoms with Crippen molar-refractivity contribution >= 4 is 73.5 Å². The minimum atomic E-state index is -0.687. The summed E-state index contributed by atoms with van der Waals surface area (Å²) in [5.74, 6) is 1.99. The number of pyridine rings is 3. The topological polar surface area (TPSA) is 291 Å². The Morgan fingerprint density at radius 1 is 0.732 bits per heavy atom. The minimum absolute atomic E-state index is 0. The Morgan fingerprint density at radius 2 is 1.18 bits per heavy atom. The molecule has 0 saturated carbocycles. The van der Waals surface area contributed by atoms with Gasteiger partial charge in [0.05, 0.1) is 32.7 Å². The fraction of sp³-hybridized carbons (Fsp3) is 0.424. The molecular formula is C33H39IN12O10. The fourth-order valence-corrected chi connectivity index (χ4v) is 6.13. The predicted octanol–water partition coefficient (Wildman–Crippen LogP) is 5.65. The second kappa shape index (κ2) is 22.0. The first kappa shape index (κ1) is 46.5. The van der Waals surface area contributed by atoms with E-state index in [1.165, 1.54) is 12.3 Å². The summed E-state index contributed by atoms with van der Waals surface area (Å²) in [5, 5.41) is 32.1. The Bertz CT molecular complexity index is 2160. The summed E-state index contributed by atoms with van der Waals surface area (Å²) in [7, 11) is 3.34. The first-order valence-corrected chi connectivity index (χ1v) is 18.3. The van der Waals surface area contributed by atoms with Crippen LogP contribution in [0.25, 0.3) is 22.3 Å². The molecule has 23 heteroatoms. The molecule has 2 atom stereocenters. The summed E-state index contributed by atoms with van der Waals surface area (Å²) in [6.45, 7) is 12.1. The molecule has 5 aromatic rings. The van der Waals surface area contributed by atoms with Gasteiger partial charge in [-0.2, -0.15) is 0 Å². The monoisotopic (exact) mass is 890 g/mol. The Labute approximate surface area is 333 Å². The van der Waals surface area contributed by atoms with Crippen LogP contribution < -0.4 is 10.6 Å². The number of fused-ring (bicyclic) bond motifs is 6. The third-order valence-corrected chi connectivity index (χ3v) is 8.47. The van der Waals surface area contributed by atoms with Crippen molar-refractivity contribution in [3.63, 3.8) is 0 Å². The zero-order valence-electron chi connectivity index (χ0n) is 29.7. The summed E-state index contributed by atoms with van der Waals surface area (Å²) in [4.78, 5) is 55.1. The number of nitrogen functional groups attached to an aromatic ring is 1. The maximum atomic E-state index is 10.9. The van der Waals surface area contributed by atoms with Crippen molar-refractivity contribution in [2.45, 2.75) is 58.4 Å². The molecule has 2 unspecified atom stereocenters. The molecule has 56 heavy (non-hydrogen) atoms. The molecule has 8 rings (SSSR count). The van der Waals surface area contributed by atoms with Gasteiger partial charge >= 0.3 is 28.3 Å². The van der Waals surface area contributed by atoms with Crippen LogP contribution in [0.1, 0.15) is 57.0 Å². The standard InChI is InChI=1S/C10H10N4O3.C10H12N4O.C9H10N4O4.CH3I.2CO.CH4/c1-17-8-2-3-13-9-7(12-10(8)13)4-6(5-11-9)14(15)16;1-15-8-2-3-14-9-7(13-10(8)14)4-6(11)5-12-9;14-12(15)7-5-8(13(16)17)9(10-6-7)11-3-1-2-4-11;3*1-2;/h4-5,8H,2-3H2,1H3;4-5,8H,2-3,11H2,1H3;5-6H,1-4H2;1H3;;;1H4. The first-order valence-electron chi connectivity index (χ1n) is 16.1.